The molecule has 0 aromatic rings. The molecule has 1 fully saturated rings. The number of esters is 1. The van der Waals surface area contributed by atoms with Gasteiger partial charge < -0.3 is 14.8 Å². The van der Waals surface area contributed by atoms with Gasteiger partial charge in [0.2, 0.25) is 0 Å². The Kier molecular flexibility index (Phi) is 4.78. The van der Waals surface area contributed by atoms with E-state index in [9.17, 15) is 4.79 Å². The zero-order chi connectivity index (χ0) is 9.52. The van der Waals surface area contributed by atoms with Crippen molar-refractivity contribution < 1.29 is 14.3 Å². The van der Waals surface area contributed by atoms with Crippen LogP contribution in [0.3, 0.4) is 0 Å². The van der Waals surface area contributed by atoms with Crippen LogP contribution < -0.4 is 5.32 Å². The Labute approximate surface area is 78.6 Å². The number of hydrogen-bond acceptors (Lipinski definition) is 4. The molecule has 0 aromatic carbocycles. The fourth-order valence-electron chi connectivity index (χ4n) is 1.40. The third-order valence-corrected chi connectivity index (χ3v) is 2.27. The molecule has 1 rings (SSSR count). The van der Waals surface area contributed by atoms with Gasteiger partial charge >= 0.3 is 5.97 Å². The fraction of sp³-hybridized carbons (Fsp3) is 0.889. The van der Waals surface area contributed by atoms with E-state index >= 15 is 0 Å². The van der Waals surface area contributed by atoms with Gasteiger partial charge in [0.15, 0.2) is 0 Å². The summed E-state index contributed by atoms with van der Waals surface area (Å²) >= 11 is 0. The smallest absolute Gasteiger partial charge is 0.319 e. The van der Waals surface area contributed by atoms with Gasteiger partial charge in [-0.2, -0.15) is 0 Å². The lowest BCUT2D eigenvalue weighted by molar-refractivity contribution is -0.139. The fourth-order valence-corrected chi connectivity index (χ4v) is 1.40. The van der Waals surface area contributed by atoms with Crippen molar-refractivity contribution in [1.29, 1.82) is 0 Å². The Balaban J connectivity index is 2.01. The number of nitrogens with one attached hydrogen (secondary N) is 1. The SMILES string of the molecule is COC(=O)CNCC1CCOCC1. The number of ether oxygens (including phenoxy) is 2. The molecule has 0 saturated carbocycles. The van der Waals surface area contributed by atoms with Crippen LogP contribution in [0.15, 0.2) is 0 Å². The Morgan fingerprint density at radius 3 is 2.85 bits per heavy atom. The summed E-state index contributed by atoms with van der Waals surface area (Å²) in [7, 11) is 1.40. The second kappa shape index (κ2) is 5.94. The second-order valence-electron chi connectivity index (χ2n) is 3.26. The second-order valence-corrected chi connectivity index (χ2v) is 3.26. The largest absolute Gasteiger partial charge is 0.468 e. The first kappa shape index (κ1) is 10.5. The minimum absolute atomic E-state index is 0.202. The van der Waals surface area contributed by atoms with Crippen molar-refractivity contribution in [2.75, 3.05) is 33.4 Å². The van der Waals surface area contributed by atoms with Crippen molar-refractivity contribution in [3.05, 3.63) is 0 Å². The van der Waals surface area contributed by atoms with Crippen LogP contribution in [0.5, 0.6) is 0 Å². The molecule has 4 nitrogen and oxygen atoms in total. The van der Waals surface area contributed by atoms with Crippen molar-refractivity contribution >= 4 is 5.97 Å². The maximum atomic E-state index is 10.7. The zero-order valence-corrected chi connectivity index (χ0v) is 8.04. The third kappa shape index (κ3) is 4.24. The van der Waals surface area contributed by atoms with Crippen molar-refractivity contribution in [2.24, 2.45) is 5.92 Å². The molecule has 0 amide bonds. The van der Waals surface area contributed by atoms with Crippen LogP contribution in [0.1, 0.15) is 12.8 Å². The van der Waals surface area contributed by atoms with Gasteiger partial charge in [-0.1, -0.05) is 0 Å². The summed E-state index contributed by atoms with van der Waals surface area (Å²) in [5, 5.41) is 3.08. The average Bonchev–Trinajstić information content (AvgIpc) is 2.19. The maximum absolute atomic E-state index is 10.7. The topological polar surface area (TPSA) is 47.6 Å². The number of rotatable bonds is 4. The van der Waals surface area contributed by atoms with Gasteiger partial charge in [-0.25, -0.2) is 0 Å². The van der Waals surface area contributed by atoms with Gasteiger partial charge in [-0.3, -0.25) is 4.79 Å². The molecule has 1 aliphatic rings. The molecule has 0 radical (unpaired) electrons. The molecular weight excluding hydrogens is 170 g/mol. The molecule has 76 valence electrons. The first-order valence-corrected chi connectivity index (χ1v) is 4.68. The first-order valence-electron chi connectivity index (χ1n) is 4.68. The number of methoxy groups -OCH3 is 1. The van der Waals surface area contributed by atoms with Crippen LogP contribution in [0.25, 0.3) is 0 Å². The van der Waals surface area contributed by atoms with E-state index in [0.717, 1.165) is 32.6 Å². The highest BCUT2D eigenvalue weighted by molar-refractivity contribution is 5.71. The molecule has 0 aromatic heterocycles. The highest BCUT2D eigenvalue weighted by atomic mass is 16.5. The van der Waals surface area contributed by atoms with Crippen molar-refractivity contribution in [3.63, 3.8) is 0 Å². The molecule has 1 N–H and O–H groups in total. The average molecular weight is 187 g/mol. The molecular formula is C9H17NO3. The number of carbonyl (C=O) groups excluding carboxylic acids is 1. The predicted molar refractivity (Wildman–Crippen MR) is 48.4 cm³/mol. The van der Waals surface area contributed by atoms with Crippen LogP contribution in [0, 0.1) is 5.92 Å². The van der Waals surface area contributed by atoms with Gasteiger partial charge in [0, 0.05) is 13.2 Å². The van der Waals surface area contributed by atoms with E-state index < -0.39 is 0 Å². The molecule has 0 atom stereocenters. The van der Waals surface area contributed by atoms with Crippen molar-refractivity contribution in [2.45, 2.75) is 12.8 Å². The lowest BCUT2D eigenvalue weighted by Crippen LogP contribution is -2.31. The van der Waals surface area contributed by atoms with Crippen LogP contribution >= 0.6 is 0 Å². The van der Waals surface area contributed by atoms with E-state index in [1.54, 1.807) is 0 Å². The van der Waals surface area contributed by atoms with Gasteiger partial charge in [0.1, 0.15) is 0 Å². The summed E-state index contributed by atoms with van der Waals surface area (Å²) < 4.78 is 9.74. The summed E-state index contributed by atoms with van der Waals surface area (Å²) in [5.74, 6) is 0.450. The minimum Gasteiger partial charge on any atom is -0.468 e. The summed E-state index contributed by atoms with van der Waals surface area (Å²) in [6, 6.07) is 0. The van der Waals surface area contributed by atoms with Crippen molar-refractivity contribution in [1.82, 2.24) is 5.32 Å². The summed E-state index contributed by atoms with van der Waals surface area (Å²) in [4.78, 5) is 10.7. The predicted octanol–water partition coefficient (Wildman–Crippen LogP) is 0.176. The highest BCUT2D eigenvalue weighted by Crippen LogP contribution is 2.12. The molecule has 1 heterocycles. The molecule has 0 aliphatic carbocycles. The normalized spacial score (nSPS) is 18.5. The molecule has 4 heteroatoms. The summed E-state index contributed by atoms with van der Waals surface area (Å²) in [6.07, 6.45) is 2.18. The monoisotopic (exact) mass is 187 g/mol. The standard InChI is InChI=1S/C9H17NO3/c1-12-9(11)7-10-6-8-2-4-13-5-3-8/h8,10H,2-7H2,1H3. The molecule has 0 unspecified atom stereocenters. The van der Waals surface area contributed by atoms with Crippen LogP contribution in [0.2, 0.25) is 0 Å². The minimum atomic E-state index is -0.202. The van der Waals surface area contributed by atoms with Gasteiger partial charge in [-0.15, -0.1) is 0 Å². The molecule has 13 heavy (non-hydrogen) atoms. The van der Waals surface area contributed by atoms with Gasteiger partial charge in [0.05, 0.1) is 13.7 Å². The third-order valence-electron chi connectivity index (χ3n) is 2.27. The van der Waals surface area contributed by atoms with E-state index in [-0.39, 0.29) is 5.97 Å². The molecule has 0 bridgehead atoms. The molecule has 0 spiro atoms. The highest BCUT2D eigenvalue weighted by Gasteiger charge is 2.13. The van der Waals surface area contributed by atoms with E-state index in [4.69, 9.17) is 4.74 Å². The van der Waals surface area contributed by atoms with Crippen LogP contribution in [-0.2, 0) is 14.3 Å². The van der Waals surface area contributed by atoms with E-state index in [2.05, 4.69) is 10.1 Å². The van der Waals surface area contributed by atoms with Crippen LogP contribution in [-0.4, -0.2) is 39.4 Å². The summed E-state index contributed by atoms with van der Waals surface area (Å²) in [5.41, 5.74) is 0. The van der Waals surface area contributed by atoms with E-state index in [0.29, 0.717) is 12.5 Å². The summed E-state index contributed by atoms with van der Waals surface area (Å²) in [6.45, 7) is 2.90. The van der Waals surface area contributed by atoms with Gasteiger partial charge in [0.25, 0.3) is 0 Å². The quantitative estimate of drug-likeness (QED) is 0.638. The number of hydrogen-bond donors (Lipinski definition) is 1. The Morgan fingerprint density at radius 1 is 1.54 bits per heavy atom. The van der Waals surface area contributed by atoms with E-state index in [1.165, 1.54) is 7.11 Å². The Morgan fingerprint density at radius 2 is 2.23 bits per heavy atom. The van der Waals surface area contributed by atoms with Crippen LogP contribution in [0.4, 0.5) is 0 Å². The number of carbonyl (C=O) groups is 1. The van der Waals surface area contributed by atoms with Gasteiger partial charge in [-0.05, 0) is 25.3 Å². The lowest BCUT2D eigenvalue weighted by atomic mass is 10.0. The molecule has 1 saturated heterocycles. The maximum Gasteiger partial charge on any atom is 0.319 e. The Hall–Kier alpha value is -0.610. The Bertz CT molecular complexity index is 155. The lowest BCUT2D eigenvalue weighted by Gasteiger charge is -2.21. The molecule has 1 aliphatic heterocycles. The first-order chi connectivity index (χ1) is 6.33. The van der Waals surface area contributed by atoms with E-state index in [1.807, 2.05) is 0 Å². The zero-order valence-electron chi connectivity index (χ0n) is 8.04. The van der Waals surface area contributed by atoms with Crippen molar-refractivity contribution in [3.8, 4) is 0 Å².